The zero-order valence-corrected chi connectivity index (χ0v) is 23.5. The van der Waals surface area contributed by atoms with Crippen LogP contribution in [-0.4, -0.2) is 19.2 Å². The van der Waals surface area contributed by atoms with Crippen molar-refractivity contribution in [3.8, 4) is 17.2 Å². The molecule has 4 nitrogen and oxygen atoms in total. The Bertz CT molecular complexity index is 919. The lowest BCUT2D eigenvalue weighted by atomic mass is 9.74. The molecular weight excluding hydrogens is 472 g/mol. The fourth-order valence-corrected chi connectivity index (χ4v) is 5.45. The summed E-state index contributed by atoms with van der Waals surface area (Å²) in [7, 11) is 0. The van der Waals surface area contributed by atoms with Crippen LogP contribution in [0.4, 0.5) is 0 Å². The molecule has 1 fully saturated rings. The van der Waals surface area contributed by atoms with E-state index in [-0.39, 0.29) is 5.97 Å². The molecule has 0 bridgehead atoms. The maximum absolute atomic E-state index is 12.5. The third-order valence-electron chi connectivity index (χ3n) is 7.68. The molecule has 0 saturated heterocycles. The van der Waals surface area contributed by atoms with Crippen LogP contribution in [0.25, 0.3) is 0 Å². The third kappa shape index (κ3) is 10.9. The fourth-order valence-electron chi connectivity index (χ4n) is 5.45. The van der Waals surface area contributed by atoms with Crippen LogP contribution >= 0.6 is 0 Å². The summed E-state index contributed by atoms with van der Waals surface area (Å²) in [4.78, 5) is 12.5. The van der Waals surface area contributed by atoms with Crippen LogP contribution in [0, 0.1) is 11.8 Å². The van der Waals surface area contributed by atoms with Gasteiger partial charge in [-0.25, -0.2) is 4.79 Å². The van der Waals surface area contributed by atoms with Gasteiger partial charge in [-0.1, -0.05) is 64.4 Å². The summed E-state index contributed by atoms with van der Waals surface area (Å²) < 4.78 is 17.3. The summed E-state index contributed by atoms with van der Waals surface area (Å²) in [5.74, 6) is 3.51. The number of carbonyl (C=O) groups is 1. The van der Waals surface area contributed by atoms with E-state index in [1.807, 2.05) is 30.3 Å². The zero-order valence-electron chi connectivity index (χ0n) is 23.5. The van der Waals surface area contributed by atoms with Crippen molar-refractivity contribution < 1.29 is 19.0 Å². The van der Waals surface area contributed by atoms with E-state index >= 15 is 0 Å². The molecule has 1 aliphatic rings. The Hall–Kier alpha value is -2.75. The van der Waals surface area contributed by atoms with Crippen LogP contribution in [0.2, 0.25) is 0 Å². The van der Waals surface area contributed by atoms with Gasteiger partial charge in [-0.05, 0) is 98.9 Å². The third-order valence-corrected chi connectivity index (χ3v) is 7.68. The van der Waals surface area contributed by atoms with Gasteiger partial charge in [-0.2, -0.15) is 0 Å². The van der Waals surface area contributed by atoms with Gasteiger partial charge in [0.1, 0.15) is 17.2 Å². The summed E-state index contributed by atoms with van der Waals surface area (Å²) >= 11 is 0. The molecule has 0 aromatic heterocycles. The molecule has 0 aliphatic heterocycles. The number of hydrogen-bond donors (Lipinski definition) is 0. The number of rotatable bonds is 18. The molecule has 2 atom stereocenters. The lowest BCUT2D eigenvalue weighted by Crippen LogP contribution is -2.20. The number of unbranched alkanes of at least 4 members (excludes halogenated alkanes) is 5. The quantitative estimate of drug-likeness (QED) is 0.0849. The monoisotopic (exact) mass is 520 g/mol. The van der Waals surface area contributed by atoms with E-state index in [0.717, 1.165) is 62.0 Å². The second kappa shape index (κ2) is 17.7. The molecule has 0 heterocycles. The Kier molecular flexibility index (Phi) is 13.9. The van der Waals surface area contributed by atoms with Gasteiger partial charge in [0.05, 0.1) is 18.8 Å². The van der Waals surface area contributed by atoms with Crippen LogP contribution in [0.3, 0.4) is 0 Å². The minimum Gasteiger partial charge on any atom is -0.494 e. The number of benzene rings is 2. The summed E-state index contributed by atoms with van der Waals surface area (Å²) in [5, 5.41) is 0. The lowest BCUT2D eigenvalue weighted by molar-refractivity contribution is 0.0734. The molecule has 0 radical (unpaired) electrons. The number of ether oxygens (including phenoxy) is 3. The van der Waals surface area contributed by atoms with Crippen LogP contribution in [0.5, 0.6) is 17.2 Å². The predicted octanol–water partition coefficient (Wildman–Crippen LogP) is 9.58. The summed E-state index contributed by atoms with van der Waals surface area (Å²) in [6.07, 6.45) is 19.7. The van der Waals surface area contributed by atoms with Gasteiger partial charge in [0.25, 0.3) is 0 Å². The Morgan fingerprint density at radius 1 is 0.763 bits per heavy atom. The highest BCUT2D eigenvalue weighted by atomic mass is 16.5. The van der Waals surface area contributed by atoms with Crippen molar-refractivity contribution in [1.29, 1.82) is 0 Å². The highest BCUT2D eigenvalue weighted by molar-refractivity contribution is 5.91. The first-order chi connectivity index (χ1) is 18.7. The Balaban J connectivity index is 1.34. The molecule has 1 aliphatic carbocycles. The Labute approximate surface area is 230 Å². The predicted molar refractivity (Wildman–Crippen MR) is 156 cm³/mol. The average molecular weight is 521 g/mol. The zero-order chi connectivity index (χ0) is 26.8. The van der Waals surface area contributed by atoms with Gasteiger partial charge in [0.2, 0.25) is 0 Å². The van der Waals surface area contributed by atoms with E-state index in [4.69, 9.17) is 14.2 Å². The van der Waals surface area contributed by atoms with E-state index in [1.165, 1.54) is 57.8 Å². The first-order valence-electron chi connectivity index (χ1n) is 15.0. The van der Waals surface area contributed by atoms with Crippen molar-refractivity contribution in [2.24, 2.45) is 11.8 Å². The average Bonchev–Trinajstić information content (AvgIpc) is 2.95. The topological polar surface area (TPSA) is 44.8 Å². The van der Waals surface area contributed by atoms with E-state index < -0.39 is 0 Å². The maximum Gasteiger partial charge on any atom is 0.343 e. The summed E-state index contributed by atoms with van der Waals surface area (Å²) in [6, 6.07) is 14.5. The Morgan fingerprint density at radius 3 is 1.97 bits per heavy atom. The molecule has 0 N–H and O–H groups in total. The molecule has 4 heteroatoms. The molecule has 3 rings (SSSR count). The van der Waals surface area contributed by atoms with Gasteiger partial charge in [-0.15, -0.1) is 6.58 Å². The Morgan fingerprint density at radius 2 is 1.34 bits per heavy atom. The van der Waals surface area contributed by atoms with Crippen molar-refractivity contribution in [3.05, 3.63) is 66.7 Å². The van der Waals surface area contributed by atoms with Gasteiger partial charge in [-0.3, -0.25) is 0 Å². The van der Waals surface area contributed by atoms with E-state index in [9.17, 15) is 4.79 Å². The first kappa shape index (κ1) is 29.8. The van der Waals surface area contributed by atoms with Crippen LogP contribution in [0.1, 0.15) is 107 Å². The molecule has 2 aromatic carbocycles. The molecule has 208 valence electrons. The standard InChI is InChI=1S/C34H48O4/c1-3-5-7-8-12-26-36-31-20-18-30(19-21-31)34(35)38-33-24-22-32(23-25-33)37-27-13-17-29-16-11-10-15-28(29)14-9-6-4-2/h3,18-25,28-29H,1,4-17,26-27H2,2H3. The number of allylic oxidation sites excluding steroid dienone is 1. The van der Waals surface area contributed by atoms with E-state index in [0.29, 0.717) is 17.9 Å². The number of esters is 1. The molecular formula is C34H48O4. The molecule has 2 unspecified atom stereocenters. The largest absolute Gasteiger partial charge is 0.494 e. The highest BCUT2D eigenvalue weighted by Gasteiger charge is 2.24. The van der Waals surface area contributed by atoms with Crippen molar-refractivity contribution in [1.82, 2.24) is 0 Å². The highest BCUT2D eigenvalue weighted by Crippen LogP contribution is 2.36. The SMILES string of the molecule is C=CCCCCCOc1ccc(C(=O)Oc2ccc(OCCCC3CCCCC3CCCCC)cc2)cc1. The van der Waals surface area contributed by atoms with Crippen molar-refractivity contribution in [2.45, 2.75) is 96.8 Å². The molecule has 0 spiro atoms. The molecule has 0 amide bonds. The first-order valence-corrected chi connectivity index (χ1v) is 15.0. The van der Waals surface area contributed by atoms with Crippen molar-refractivity contribution >= 4 is 5.97 Å². The smallest absolute Gasteiger partial charge is 0.343 e. The van der Waals surface area contributed by atoms with Crippen LogP contribution in [-0.2, 0) is 0 Å². The summed E-state index contributed by atoms with van der Waals surface area (Å²) in [5.41, 5.74) is 0.499. The lowest BCUT2D eigenvalue weighted by Gasteiger charge is -2.31. The molecule has 2 aromatic rings. The molecule has 38 heavy (non-hydrogen) atoms. The number of hydrogen-bond acceptors (Lipinski definition) is 4. The number of carbonyl (C=O) groups excluding carboxylic acids is 1. The van der Waals surface area contributed by atoms with Gasteiger partial charge >= 0.3 is 5.97 Å². The minimum absolute atomic E-state index is 0.379. The molecule has 1 saturated carbocycles. The van der Waals surface area contributed by atoms with E-state index in [1.54, 1.807) is 24.3 Å². The van der Waals surface area contributed by atoms with E-state index in [2.05, 4.69) is 13.5 Å². The summed E-state index contributed by atoms with van der Waals surface area (Å²) in [6.45, 7) is 7.44. The van der Waals surface area contributed by atoms with Gasteiger partial charge < -0.3 is 14.2 Å². The fraction of sp³-hybridized carbons (Fsp3) is 0.559. The van der Waals surface area contributed by atoms with Crippen LogP contribution in [0.15, 0.2) is 61.2 Å². The normalized spacial score (nSPS) is 17.1. The van der Waals surface area contributed by atoms with Crippen LogP contribution < -0.4 is 14.2 Å². The minimum atomic E-state index is -0.379. The van der Waals surface area contributed by atoms with Gasteiger partial charge in [0.15, 0.2) is 0 Å². The van der Waals surface area contributed by atoms with Gasteiger partial charge in [0, 0.05) is 0 Å². The maximum atomic E-state index is 12.5. The second-order valence-electron chi connectivity index (χ2n) is 10.7. The van der Waals surface area contributed by atoms with Crippen molar-refractivity contribution in [2.75, 3.05) is 13.2 Å². The second-order valence-corrected chi connectivity index (χ2v) is 10.7. The van der Waals surface area contributed by atoms with Crippen molar-refractivity contribution in [3.63, 3.8) is 0 Å².